The van der Waals surface area contributed by atoms with Crippen molar-refractivity contribution in [3.05, 3.63) is 57.0 Å². The van der Waals surface area contributed by atoms with Gasteiger partial charge in [0.15, 0.2) is 0 Å². The lowest BCUT2D eigenvalue weighted by molar-refractivity contribution is 0.410. The highest BCUT2D eigenvalue weighted by atomic mass is 35.5. The Hall–Kier alpha value is -1.09. The number of halogens is 3. The van der Waals surface area contributed by atoms with Crippen molar-refractivity contribution in [2.75, 3.05) is 12.4 Å². The average molecular weight is 317 g/mol. The normalized spacial score (nSPS) is 10.3. The molecule has 0 aliphatic heterocycles. The van der Waals surface area contributed by atoms with Gasteiger partial charge in [-0.15, -0.1) is 0 Å². The molecular formula is C14H12Cl3NO. The number of ether oxygens (including phenoxy) is 1. The lowest BCUT2D eigenvalue weighted by Crippen LogP contribution is -2.03. The van der Waals surface area contributed by atoms with Crippen molar-refractivity contribution in [2.24, 2.45) is 0 Å². The molecule has 2 rings (SSSR count). The number of benzene rings is 2. The van der Waals surface area contributed by atoms with Crippen molar-refractivity contribution in [2.45, 2.75) is 6.54 Å². The van der Waals surface area contributed by atoms with Crippen LogP contribution < -0.4 is 10.1 Å². The summed E-state index contributed by atoms with van der Waals surface area (Å²) >= 11 is 18.4. The van der Waals surface area contributed by atoms with Crippen LogP contribution >= 0.6 is 34.8 Å². The highest BCUT2D eigenvalue weighted by Crippen LogP contribution is 2.32. The SMILES string of the molecule is COc1cccc(Cl)c1CNc1c(Cl)cccc1Cl. The van der Waals surface area contributed by atoms with Crippen LogP contribution in [0.2, 0.25) is 15.1 Å². The van der Waals surface area contributed by atoms with Crippen LogP contribution in [0.1, 0.15) is 5.56 Å². The predicted molar refractivity (Wildman–Crippen MR) is 81.8 cm³/mol. The lowest BCUT2D eigenvalue weighted by atomic mass is 10.2. The second kappa shape index (κ2) is 6.38. The van der Waals surface area contributed by atoms with Crippen LogP contribution in [0.15, 0.2) is 36.4 Å². The maximum absolute atomic E-state index is 6.17. The molecule has 0 spiro atoms. The molecule has 5 heteroatoms. The van der Waals surface area contributed by atoms with E-state index in [1.807, 2.05) is 18.2 Å². The van der Waals surface area contributed by atoms with E-state index in [-0.39, 0.29) is 0 Å². The Labute approximate surface area is 127 Å². The molecule has 0 saturated heterocycles. The molecule has 0 unspecified atom stereocenters. The van der Waals surface area contributed by atoms with Crippen LogP contribution in [-0.4, -0.2) is 7.11 Å². The van der Waals surface area contributed by atoms with Gasteiger partial charge < -0.3 is 10.1 Å². The molecule has 0 heterocycles. The van der Waals surface area contributed by atoms with E-state index < -0.39 is 0 Å². The minimum Gasteiger partial charge on any atom is -0.496 e. The van der Waals surface area contributed by atoms with E-state index >= 15 is 0 Å². The standard InChI is InChI=1S/C14H12Cl3NO/c1-19-13-7-3-4-10(15)9(13)8-18-14-11(16)5-2-6-12(14)17/h2-7,18H,8H2,1H3. The molecule has 0 bridgehead atoms. The number of hydrogen-bond acceptors (Lipinski definition) is 2. The quantitative estimate of drug-likeness (QED) is 0.830. The summed E-state index contributed by atoms with van der Waals surface area (Å²) in [5.74, 6) is 0.725. The van der Waals surface area contributed by atoms with Gasteiger partial charge in [0.25, 0.3) is 0 Å². The number of methoxy groups -OCH3 is 1. The highest BCUT2D eigenvalue weighted by Gasteiger charge is 2.10. The molecule has 2 aromatic carbocycles. The van der Waals surface area contributed by atoms with E-state index in [2.05, 4.69) is 5.32 Å². The summed E-state index contributed by atoms with van der Waals surface area (Å²) in [6.07, 6.45) is 0. The number of hydrogen-bond donors (Lipinski definition) is 1. The van der Waals surface area contributed by atoms with E-state index in [9.17, 15) is 0 Å². The monoisotopic (exact) mass is 315 g/mol. The van der Waals surface area contributed by atoms with Crippen molar-refractivity contribution in [3.63, 3.8) is 0 Å². The third-order valence-electron chi connectivity index (χ3n) is 2.70. The average Bonchev–Trinajstić information content (AvgIpc) is 2.39. The van der Waals surface area contributed by atoms with Crippen LogP contribution in [0.5, 0.6) is 5.75 Å². The van der Waals surface area contributed by atoms with Crippen LogP contribution in [0, 0.1) is 0 Å². The molecule has 0 saturated carbocycles. The van der Waals surface area contributed by atoms with Gasteiger partial charge in [-0.25, -0.2) is 0 Å². The molecule has 2 nitrogen and oxygen atoms in total. The molecular weight excluding hydrogens is 305 g/mol. The van der Waals surface area contributed by atoms with E-state index in [1.165, 1.54) is 0 Å². The smallest absolute Gasteiger partial charge is 0.125 e. The van der Waals surface area contributed by atoms with Gasteiger partial charge in [-0.1, -0.05) is 46.9 Å². The Morgan fingerprint density at radius 1 is 0.947 bits per heavy atom. The van der Waals surface area contributed by atoms with Gasteiger partial charge in [0.1, 0.15) is 5.75 Å². The van der Waals surface area contributed by atoms with Crippen LogP contribution in [0.3, 0.4) is 0 Å². The van der Waals surface area contributed by atoms with Gasteiger partial charge in [-0.3, -0.25) is 0 Å². The van der Waals surface area contributed by atoms with Gasteiger partial charge >= 0.3 is 0 Å². The largest absolute Gasteiger partial charge is 0.496 e. The summed E-state index contributed by atoms with van der Waals surface area (Å²) in [6, 6.07) is 10.9. The van der Waals surface area contributed by atoms with Crippen molar-refractivity contribution in [1.82, 2.24) is 0 Å². The summed E-state index contributed by atoms with van der Waals surface area (Å²) in [6.45, 7) is 0.478. The zero-order chi connectivity index (χ0) is 13.8. The Morgan fingerprint density at radius 3 is 2.16 bits per heavy atom. The zero-order valence-electron chi connectivity index (χ0n) is 10.2. The molecule has 0 atom stereocenters. The van der Waals surface area contributed by atoms with Gasteiger partial charge in [0, 0.05) is 17.1 Å². The third-order valence-corrected chi connectivity index (χ3v) is 3.68. The molecule has 0 amide bonds. The highest BCUT2D eigenvalue weighted by molar-refractivity contribution is 6.39. The predicted octanol–water partition coefficient (Wildman–Crippen LogP) is 5.27. The number of anilines is 1. The van der Waals surface area contributed by atoms with Gasteiger partial charge in [0.05, 0.1) is 22.8 Å². The minimum atomic E-state index is 0.478. The maximum atomic E-state index is 6.17. The number of nitrogens with one attached hydrogen (secondary N) is 1. The van der Waals surface area contributed by atoms with Gasteiger partial charge in [-0.05, 0) is 24.3 Å². The molecule has 0 radical (unpaired) electrons. The first-order valence-electron chi connectivity index (χ1n) is 5.62. The Bertz CT molecular complexity index is 567. The maximum Gasteiger partial charge on any atom is 0.125 e. The second-order valence-corrected chi connectivity index (χ2v) is 5.09. The molecule has 2 aromatic rings. The topological polar surface area (TPSA) is 21.3 Å². The van der Waals surface area contributed by atoms with Crippen molar-refractivity contribution >= 4 is 40.5 Å². The molecule has 19 heavy (non-hydrogen) atoms. The first-order valence-corrected chi connectivity index (χ1v) is 6.76. The third kappa shape index (κ3) is 3.27. The summed E-state index contributed by atoms with van der Waals surface area (Å²) in [5.41, 5.74) is 1.55. The second-order valence-electron chi connectivity index (χ2n) is 3.87. The molecule has 100 valence electrons. The van der Waals surface area contributed by atoms with Crippen LogP contribution in [0.4, 0.5) is 5.69 Å². The van der Waals surface area contributed by atoms with Crippen LogP contribution in [-0.2, 0) is 6.54 Å². The number of rotatable bonds is 4. The summed E-state index contributed by atoms with van der Waals surface area (Å²) in [4.78, 5) is 0. The summed E-state index contributed by atoms with van der Waals surface area (Å²) in [5, 5.41) is 4.96. The summed E-state index contributed by atoms with van der Waals surface area (Å²) < 4.78 is 5.28. The Kier molecular flexibility index (Phi) is 4.81. The lowest BCUT2D eigenvalue weighted by Gasteiger charge is -2.14. The fourth-order valence-corrected chi connectivity index (χ4v) is 2.51. The zero-order valence-corrected chi connectivity index (χ0v) is 12.5. The van der Waals surface area contributed by atoms with Crippen LogP contribution in [0.25, 0.3) is 0 Å². The van der Waals surface area contributed by atoms with E-state index in [1.54, 1.807) is 25.3 Å². The minimum absolute atomic E-state index is 0.478. The molecule has 0 fully saturated rings. The molecule has 0 aromatic heterocycles. The Morgan fingerprint density at radius 2 is 1.53 bits per heavy atom. The fourth-order valence-electron chi connectivity index (χ4n) is 1.75. The summed E-state index contributed by atoms with van der Waals surface area (Å²) in [7, 11) is 1.61. The van der Waals surface area contributed by atoms with E-state index in [0.29, 0.717) is 27.3 Å². The first-order chi connectivity index (χ1) is 9.13. The van der Waals surface area contributed by atoms with E-state index in [0.717, 1.165) is 11.3 Å². The fraction of sp³-hybridized carbons (Fsp3) is 0.143. The van der Waals surface area contributed by atoms with Crippen molar-refractivity contribution < 1.29 is 4.74 Å². The van der Waals surface area contributed by atoms with Gasteiger partial charge in [0.2, 0.25) is 0 Å². The number of para-hydroxylation sites is 1. The molecule has 0 aliphatic rings. The Balaban J connectivity index is 2.24. The molecule has 0 aliphatic carbocycles. The van der Waals surface area contributed by atoms with Crippen molar-refractivity contribution in [1.29, 1.82) is 0 Å². The molecule has 1 N–H and O–H groups in total. The van der Waals surface area contributed by atoms with E-state index in [4.69, 9.17) is 39.5 Å². The van der Waals surface area contributed by atoms with Crippen molar-refractivity contribution in [3.8, 4) is 5.75 Å². The first kappa shape index (κ1) is 14.3. The van der Waals surface area contributed by atoms with Gasteiger partial charge in [-0.2, -0.15) is 0 Å².